The van der Waals surface area contributed by atoms with Crippen LogP contribution in [0, 0.1) is 45.7 Å². The van der Waals surface area contributed by atoms with Crippen molar-refractivity contribution in [1.82, 2.24) is 62.2 Å². The Kier molecular flexibility index (Phi) is 44.5. The van der Waals surface area contributed by atoms with Gasteiger partial charge in [0.1, 0.15) is 31.8 Å². The van der Waals surface area contributed by atoms with E-state index in [4.69, 9.17) is 0 Å². The van der Waals surface area contributed by atoms with Crippen LogP contribution in [0.2, 0.25) is 0 Å². The fourth-order valence-electron chi connectivity index (χ4n) is 13.2. The Hall–Kier alpha value is -10.3. The Morgan fingerprint density at radius 2 is 0.443 bits per heavy atom. The van der Waals surface area contributed by atoms with Gasteiger partial charge in [-0.3, -0.25) is 5.56 Å². The van der Waals surface area contributed by atoms with Crippen LogP contribution in [-0.2, 0) is 83.2 Å². The first-order valence-electron chi connectivity index (χ1n) is 38.5. The monoisotopic (exact) mass is 1960 g/mol. The summed E-state index contributed by atoms with van der Waals surface area (Å²) in [6.45, 7) is 3.16. The van der Waals surface area contributed by atoms with Crippen LogP contribution in [0.5, 0.6) is 0 Å². The van der Waals surface area contributed by atoms with E-state index in [0.717, 1.165) is 71.2 Å². The quantitative estimate of drug-likeness (QED) is 0.0376. The van der Waals surface area contributed by atoms with Crippen LogP contribution in [0.25, 0.3) is 22.8 Å². The van der Waals surface area contributed by atoms with E-state index in [1.807, 2.05) is 201 Å². The molecule has 122 heavy (non-hydrogen) atoms. The van der Waals surface area contributed by atoms with Gasteiger partial charge in [-0.25, -0.2) is 12.1 Å². The number of rotatable bonds is 18. The number of hydrazine groups is 8. The van der Waals surface area contributed by atoms with Crippen molar-refractivity contribution in [2.75, 3.05) is 28.2 Å². The first-order valence-corrected chi connectivity index (χ1v) is 46.1. The van der Waals surface area contributed by atoms with Crippen LogP contribution in [0.1, 0.15) is 53.4 Å². The molecule has 4 aliphatic rings. The third-order valence-corrected chi connectivity index (χ3v) is 24.1. The molecule has 0 spiro atoms. The average molecular weight is 1960 g/mol. The SMILES string of the molecule is C.CN1NN(Cc2ccccc2)[C-]=C1c1[c-]cccc1.CN1NN(Cc2ccccc2)[C-]=C1c1ccccc1.CN1NN(Cc2ccccc2)[C-]=C1c1ccccc1.CN1NN(Cc2ccccc2)[C-]=C1c1ccccc1.[Ag].[CH3-].[CH3-].[Cl][Ru+3].[Cl][RuH+2].[HH].c1ccc([PH+](c2ccccc2)c2ccccc2)cc1.c1ccc([PH+](c2ccccc2)c2ccccc2)cc1. The molecule has 0 unspecified atom stereocenters. The van der Waals surface area contributed by atoms with Gasteiger partial charge >= 0.3 is 54.0 Å². The summed E-state index contributed by atoms with van der Waals surface area (Å²) in [6, 6.07) is 148. The molecule has 12 nitrogen and oxygen atoms in total. The minimum atomic E-state index is -0.877. The second-order valence-electron chi connectivity index (χ2n) is 27.1. The fourth-order valence-corrected chi connectivity index (χ4v) is 18.3. The van der Waals surface area contributed by atoms with E-state index in [1.165, 1.54) is 54.1 Å². The summed E-state index contributed by atoms with van der Waals surface area (Å²) in [5.41, 5.74) is 26.7. The van der Waals surface area contributed by atoms with Gasteiger partial charge in [0.05, 0.1) is 15.8 Å². The number of nitrogens with one attached hydrogen (secondary N) is 4. The third-order valence-electron chi connectivity index (χ3n) is 18.6. The van der Waals surface area contributed by atoms with Crippen molar-refractivity contribution < 1.29 is 58.4 Å². The van der Waals surface area contributed by atoms with Crippen molar-refractivity contribution in [3.63, 3.8) is 0 Å². The summed E-state index contributed by atoms with van der Waals surface area (Å²) < 4.78 is 0. The second-order valence-corrected chi connectivity index (χ2v) is 32.0. The maximum Gasteiger partial charge on any atom is 0.102 e. The van der Waals surface area contributed by atoms with Gasteiger partial charge in [0, 0.05) is 78.2 Å². The van der Waals surface area contributed by atoms with Crippen molar-refractivity contribution in [3.8, 4) is 0 Å². The molecule has 0 amide bonds. The number of halogens is 2. The van der Waals surface area contributed by atoms with E-state index in [0.29, 0.717) is 0 Å². The minimum absolute atomic E-state index is 0. The molecule has 14 aromatic carbocycles. The molecule has 4 N–H and O–H groups in total. The smallest absolute Gasteiger partial charge is 0.0620 e. The first kappa shape index (κ1) is 98.8. The van der Waals surface area contributed by atoms with E-state index in [2.05, 4.69) is 376 Å². The summed E-state index contributed by atoms with van der Waals surface area (Å²) in [5.74, 6) is 0. The van der Waals surface area contributed by atoms with Crippen molar-refractivity contribution in [2.24, 2.45) is 0 Å². The van der Waals surface area contributed by atoms with Crippen molar-refractivity contribution in [3.05, 3.63) is 509 Å². The molecule has 0 saturated heterocycles. The number of hydrogen-bond donors (Lipinski definition) is 4. The maximum absolute atomic E-state index is 4.61. The summed E-state index contributed by atoms with van der Waals surface area (Å²) in [4.78, 5) is 0. The van der Waals surface area contributed by atoms with Gasteiger partial charge in [-0.2, -0.15) is 46.2 Å². The van der Waals surface area contributed by atoms with E-state index in [9.17, 15) is 0 Å². The molecule has 1 radical (unpaired) electrons. The third kappa shape index (κ3) is 30.6. The Labute approximate surface area is 774 Å². The van der Waals surface area contributed by atoms with E-state index in [-0.39, 0.29) is 46.1 Å². The molecule has 14 aromatic rings. The zero-order chi connectivity index (χ0) is 82.1. The topological polar surface area (TPSA) is 74.0 Å². The molecule has 19 heteroatoms. The predicted molar refractivity (Wildman–Crippen MR) is 511 cm³/mol. The molecular weight excluding hydrogens is 1850 g/mol. The summed E-state index contributed by atoms with van der Waals surface area (Å²) in [7, 11) is 15.4. The summed E-state index contributed by atoms with van der Waals surface area (Å²) >= 11 is 3.44. The van der Waals surface area contributed by atoms with E-state index < -0.39 is 15.8 Å². The predicted octanol–water partition coefficient (Wildman–Crippen LogP) is 19.7. The second kappa shape index (κ2) is 55.0. The number of benzene rings is 14. The van der Waals surface area contributed by atoms with Gasteiger partial charge < -0.3 is 54.9 Å². The molecule has 631 valence electrons. The molecule has 0 atom stereocenters. The van der Waals surface area contributed by atoms with Crippen LogP contribution < -0.4 is 54.0 Å². The average Bonchev–Trinajstić information content (AvgIpc) is 1.72. The normalized spacial score (nSPS) is 12.5. The first-order chi connectivity index (χ1) is 58.2. The van der Waals surface area contributed by atoms with Gasteiger partial charge in [0.2, 0.25) is 0 Å². The van der Waals surface area contributed by atoms with Gasteiger partial charge in [-0.15, -0.1) is 77.8 Å². The van der Waals surface area contributed by atoms with E-state index in [1.54, 1.807) is 17.3 Å². The van der Waals surface area contributed by atoms with Gasteiger partial charge in [0.25, 0.3) is 0 Å². The summed E-state index contributed by atoms with van der Waals surface area (Å²) in [6.07, 6.45) is 13.4. The zero-order valence-corrected chi connectivity index (χ0v) is 77.1. The fraction of sp³-hybridized carbons (Fsp3) is 0.0874. The van der Waals surface area contributed by atoms with Crippen LogP contribution in [0.4, 0.5) is 0 Å². The zero-order valence-electron chi connectivity index (χ0n) is 68.5. The molecule has 0 fully saturated rings. The van der Waals surface area contributed by atoms with Crippen LogP contribution in [-0.4, -0.2) is 68.3 Å². The van der Waals surface area contributed by atoms with Crippen LogP contribution >= 0.6 is 35.2 Å². The number of hydrogen-bond acceptors (Lipinski definition) is 12. The van der Waals surface area contributed by atoms with Crippen molar-refractivity contribution in [1.29, 1.82) is 0 Å². The molecule has 18 rings (SSSR count). The van der Waals surface area contributed by atoms with Crippen LogP contribution in [0.15, 0.2) is 419 Å². The van der Waals surface area contributed by atoms with Gasteiger partial charge in [-0.1, -0.05) is 310 Å². The Bertz CT molecular complexity index is 4530. The summed E-state index contributed by atoms with van der Waals surface area (Å²) in [5, 5.41) is 24.4. The maximum atomic E-state index is 4.61. The molecule has 0 bridgehead atoms. The number of nitrogens with zero attached hydrogens (tertiary/aromatic N) is 8. The molecule has 0 saturated carbocycles. The Balaban J connectivity index is 0.000000225. The largest absolute Gasteiger partial charge is 0.102 e. The Morgan fingerprint density at radius 3 is 0.639 bits per heavy atom. The molecule has 4 aliphatic heterocycles. The van der Waals surface area contributed by atoms with Crippen LogP contribution in [0.3, 0.4) is 0 Å². The Morgan fingerprint density at radius 1 is 0.270 bits per heavy atom. The molecular formula is C103H108AgCl2N12P2Ru2. The van der Waals surface area contributed by atoms with Crippen molar-refractivity contribution >= 4 is 89.8 Å². The van der Waals surface area contributed by atoms with E-state index >= 15 is 0 Å². The van der Waals surface area contributed by atoms with Crippen molar-refractivity contribution in [2.45, 2.75) is 33.6 Å². The minimum Gasteiger partial charge on any atom is -0.0620 e. The molecule has 0 aliphatic carbocycles. The van der Waals surface area contributed by atoms with Gasteiger partial charge in [0.15, 0.2) is 0 Å². The van der Waals surface area contributed by atoms with Gasteiger partial charge in [-0.05, 0) is 95.1 Å². The molecule has 4 heterocycles. The standard InChI is InChI=1S/2C18H15P.3C16H16N3.C16H15N3.CH4.2CH3.Ag.2ClH.2Ru.H2.H/c2*1-4-10-16(11-5-1)19(17-12-6-2-7-13-17)18-14-8-3-9-15-18;4*1-18-16(15-10-6-3-7-11-15)13-19(17-18)12-14-8-4-2-5-9-14;;;;;;;;;;/h2*1-15H;3*2-11,17H,12H2,1H3;2-10,17H,12H2,1H3;1H4;2*1H3;;2*1H;;;1H;/q;;3*-1;-2;;2*-1;;;;+3;+4;;. The molecule has 0 aromatic heterocycles.